The van der Waals surface area contributed by atoms with Gasteiger partial charge in [0.25, 0.3) is 0 Å². The van der Waals surface area contributed by atoms with Gasteiger partial charge < -0.3 is 10.2 Å². The van der Waals surface area contributed by atoms with Gasteiger partial charge in [0.15, 0.2) is 0 Å². The van der Waals surface area contributed by atoms with Gasteiger partial charge in [0.1, 0.15) is 6.54 Å². The Morgan fingerprint density at radius 2 is 1.56 bits per heavy atom. The lowest BCUT2D eigenvalue weighted by Crippen LogP contribution is -2.36. The van der Waals surface area contributed by atoms with E-state index in [1.807, 2.05) is 4.90 Å². The number of anilines is 1. The van der Waals surface area contributed by atoms with Crippen LogP contribution in [-0.4, -0.2) is 53.1 Å². The van der Waals surface area contributed by atoms with E-state index in [2.05, 4.69) is 5.32 Å². The molecule has 0 radical (unpaired) electrons. The summed E-state index contributed by atoms with van der Waals surface area (Å²) < 4.78 is 0. The van der Waals surface area contributed by atoms with Gasteiger partial charge in [-0.2, -0.15) is 0 Å². The molecule has 2 fully saturated rings. The van der Waals surface area contributed by atoms with E-state index < -0.39 is 5.91 Å². The maximum atomic E-state index is 12.1. The first kappa shape index (κ1) is 17.1. The highest BCUT2D eigenvalue weighted by Crippen LogP contribution is 2.15. The van der Waals surface area contributed by atoms with Crippen molar-refractivity contribution in [1.29, 1.82) is 0 Å². The molecule has 7 heteroatoms. The highest BCUT2D eigenvalue weighted by Gasteiger charge is 2.30. The highest BCUT2D eigenvalue weighted by atomic mass is 16.2. The summed E-state index contributed by atoms with van der Waals surface area (Å²) in [6.45, 7) is 1.41. The Bertz CT molecular complexity index is 677. The monoisotopic (exact) mass is 343 g/mol. The van der Waals surface area contributed by atoms with Gasteiger partial charge in [0.2, 0.25) is 23.6 Å². The molecular formula is C18H21N3O4. The Labute approximate surface area is 146 Å². The van der Waals surface area contributed by atoms with Gasteiger partial charge in [-0.3, -0.25) is 24.1 Å². The van der Waals surface area contributed by atoms with E-state index >= 15 is 0 Å². The first-order chi connectivity index (χ1) is 12.0. The van der Waals surface area contributed by atoms with Gasteiger partial charge in [-0.25, -0.2) is 0 Å². The molecule has 2 heterocycles. The summed E-state index contributed by atoms with van der Waals surface area (Å²) in [5.41, 5.74) is 1.46. The largest absolute Gasteiger partial charge is 0.342 e. The predicted molar refractivity (Wildman–Crippen MR) is 90.5 cm³/mol. The fraction of sp³-hybridized carbons (Fsp3) is 0.444. The molecule has 4 amide bonds. The van der Waals surface area contributed by atoms with Crippen LogP contribution >= 0.6 is 0 Å². The van der Waals surface area contributed by atoms with Crippen molar-refractivity contribution in [2.24, 2.45) is 0 Å². The minimum atomic E-state index is -0.413. The lowest BCUT2D eigenvalue weighted by molar-refractivity contribution is -0.141. The Morgan fingerprint density at radius 3 is 2.16 bits per heavy atom. The summed E-state index contributed by atoms with van der Waals surface area (Å²) in [4.78, 5) is 50.0. The quantitative estimate of drug-likeness (QED) is 0.806. The number of benzene rings is 1. The minimum absolute atomic E-state index is 0.125. The third-order valence-corrected chi connectivity index (χ3v) is 4.51. The van der Waals surface area contributed by atoms with Crippen LogP contribution in [0.25, 0.3) is 0 Å². The Kier molecular flexibility index (Phi) is 5.11. The lowest BCUT2D eigenvalue weighted by atomic mass is 10.1. The number of rotatable bonds is 5. The summed E-state index contributed by atoms with van der Waals surface area (Å²) in [6.07, 6.45) is 2.83. The highest BCUT2D eigenvalue weighted by molar-refractivity contribution is 6.06. The van der Waals surface area contributed by atoms with Crippen LogP contribution in [0.4, 0.5) is 5.69 Å². The number of carbonyl (C=O) groups is 4. The molecular weight excluding hydrogens is 322 g/mol. The summed E-state index contributed by atoms with van der Waals surface area (Å²) in [5, 5.41) is 2.67. The lowest BCUT2D eigenvalue weighted by Gasteiger charge is -2.15. The third kappa shape index (κ3) is 4.23. The molecule has 1 aromatic rings. The average Bonchev–Trinajstić information content (AvgIpc) is 3.23. The molecule has 0 atom stereocenters. The normalized spacial score (nSPS) is 17.3. The number of hydrogen-bond acceptors (Lipinski definition) is 4. The summed E-state index contributed by atoms with van der Waals surface area (Å²) >= 11 is 0. The molecule has 25 heavy (non-hydrogen) atoms. The van der Waals surface area contributed by atoms with E-state index in [1.165, 1.54) is 0 Å². The zero-order valence-corrected chi connectivity index (χ0v) is 14.0. The van der Waals surface area contributed by atoms with E-state index in [0.717, 1.165) is 36.4 Å². The van der Waals surface area contributed by atoms with Crippen molar-refractivity contribution in [2.45, 2.75) is 32.1 Å². The Morgan fingerprint density at radius 1 is 0.960 bits per heavy atom. The molecule has 0 unspecified atom stereocenters. The second-order valence-corrected chi connectivity index (χ2v) is 6.38. The topological polar surface area (TPSA) is 86.8 Å². The molecule has 132 valence electrons. The Hall–Kier alpha value is -2.70. The molecule has 2 aliphatic heterocycles. The predicted octanol–water partition coefficient (Wildman–Crippen LogP) is 0.939. The number of carbonyl (C=O) groups excluding carboxylic acids is 4. The molecule has 2 saturated heterocycles. The molecule has 3 rings (SSSR count). The first-order valence-electron chi connectivity index (χ1n) is 8.53. The molecule has 0 spiro atoms. The van der Waals surface area contributed by atoms with Crippen LogP contribution in [0, 0.1) is 0 Å². The molecule has 2 aliphatic rings. The van der Waals surface area contributed by atoms with Gasteiger partial charge in [-0.1, -0.05) is 12.1 Å². The maximum absolute atomic E-state index is 12.1. The first-order valence-corrected chi connectivity index (χ1v) is 8.53. The second-order valence-electron chi connectivity index (χ2n) is 6.38. The van der Waals surface area contributed by atoms with Crippen molar-refractivity contribution in [3.05, 3.63) is 29.8 Å². The smallest absolute Gasteiger partial charge is 0.244 e. The van der Waals surface area contributed by atoms with Crippen LogP contribution in [0.5, 0.6) is 0 Å². The fourth-order valence-corrected chi connectivity index (χ4v) is 3.10. The molecule has 1 aromatic carbocycles. The fourth-order valence-electron chi connectivity index (χ4n) is 3.10. The number of likely N-dealkylation sites (tertiary alicyclic amines) is 2. The van der Waals surface area contributed by atoms with E-state index in [1.54, 1.807) is 24.3 Å². The SMILES string of the molecule is O=C(CN1C(=O)CCC1=O)Nc1ccc(CC(=O)N2CCCC2)cc1. The zero-order chi connectivity index (χ0) is 17.8. The second kappa shape index (κ2) is 7.46. The molecule has 0 aliphatic carbocycles. The van der Waals surface area contributed by atoms with E-state index in [-0.39, 0.29) is 37.1 Å². The van der Waals surface area contributed by atoms with Crippen molar-refractivity contribution in [2.75, 3.05) is 25.0 Å². The molecule has 1 N–H and O–H groups in total. The van der Waals surface area contributed by atoms with E-state index in [4.69, 9.17) is 0 Å². The third-order valence-electron chi connectivity index (χ3n) is 4.51. The van der Waals surface area contributed by atoms with Gasteiger partial charge in [-0.15, -0.1) is 0 Å². The van der Waals surface area contributed by atoms with Gasteiger partial charge >= 0.3 is 0 Å². The number of hydrogen-bond donors (Lipinski definition) is 1. The Balaban J connectivity index is 1.51. The van der Waals surface area contributed by atoms with E-state index in [9.17, 15) is 19.2 Å². The molecule has 7 nitrogen and oxygen atoms in total. The number of nitrogens with one attached hydrogen (secondary N) is 1. The van der Waals surface area contributed by atoms with Crippen LogP contribution in [0.1, 0.15) is 31.2 Å². The van der Waals surface area contributed by atoms with Crippen LogP contribution in [-0.2, 0) is 25.6 Å². The molecule has 0 aromatic heterocycles. The number of amides is 4. The standard InChI is InChI=1S/C18H21N3O4/c22-15(12-21-16(23)7-8-17(21)24)19-14-5-3-13(4-6-14)11-18(25)20-9-1-2-10-20/h3-6H,1-2,7-12H2,(H,19,22). The zero-order valence-electron chi connectivity index (χ0n) is 14.0. The van der Waals surface area contributed by atoms with Crippen molar-refractivity contribution < 1.29 is 19.2 Å². The molecule has 0 bridgehead atoms. The molecule has 0 saturated carbocycles. The van der Waals surface area contributed by atoms with Gasteiger partial charge in [0, 0.05) is 31.6 Å². The average molecular weight is 343 g/mol. The van der Waals surface area contributed by atoms with Crippen LogP contribution in [0.15, 0.2) is 24.3 Å². The minimum Gasteiger partial charge on any atom is -0.342 e. The van der Waals surface area contributed by atoms with Crippen molar-refractivity contribution in [3.63, 3.8) is 0 Å². The summed E-state index contributed by atoms with van der Waals surface area (Å²) in [5.74, 6) is -0.906. The number of imide groups is 1. The van der Waals surface area contributed by atoms with Crippen molar-refractivity contribution >= 4 is 29.3 Å². The van der Waals surface area contributed by atoms with Gasteiger partial charge in [-0.05, 0) is 30.5 Å². The van der Waals surface area contributed by atoms with Crippen LogP contribution < -0.4 is 5.32 Å². The van der Waals surface area contributed by atoms with E-state index in [0.29, 0.717) is 12.1 Å². The van der Waals surface area contributed by atoms with Crippen LogP contribution in [0.2, 0.25) is 0 Å². The summed E-state index contributed by atoms with van der Waals surface area (Å²) in [6, 6.07) is 7.04. The van der Waals surface area contributed by atoms with Crippen LogP contribution in [0.3, 0.4) is 0 Å². The number of nitrogens with zero attached hydrogens (tertiary/aromatic N) is 2. The maximum Gasteiger partial charge on any atom is 0.244 e. The summed E-state index contributed by atoms with van der Waals surface area (Å²) in [7, 11) is 0. The van der Waals surface area contributed by atoms with Crippen molar-refractivity contribution in [3.8, 4) is 0 Å². The van der Waals surface area contributed by atoms with Crippen molar-refractivity contribution in [1.82, 2.24) is 9.80 Å². The van der Waals surface area contributed by atoms with Gasteiger partial charge in [0.05, 0.1) is 6.42 Å².